The maximum absolute atomic E-state index is 13.1. The second-order valence-corrected chi connectivity index (χ2v) is 5.86. The third-order valence-corrected chi connectivity index (χ3v) is 4.35. The van der Waals surface area contributed by atoms with Crippen molar-refractivity contribution in [2.45, 2.75) is 24.8 Å². The normalized spacial score (nSPS) is 22.1. The Morgan fingerprint density at radius 2 is 2.10 bits per heavy atom. The predicted octanol–water partition coefficient (Wildman–Crippen LogP) is 1.88. The van der Waals surface area contributed by atoms with Crippen LogP contribution in [0.5, 0.6) is 0 Å². The molecule has 2 unspecified atom stereocenters. The molecule has 1 aromatic rings. The molecular weight excluding hydrogens is 288 g/mol. The number of carbonyl (C=O) groups excluding carboxylic acids is 1. The number of carboxylic acid groups (broad SMARTS) is 1. The summed E-state index contributed by atoms with van der Waals surface area (Å²) in [5.41, 5.74) is 0.321. The van der Waals surface area contributed by atoms with Crippen LogP contribution < -0.4 is 0 Å². The van der Waals surface area contributed by atoms with Gasteiger partial charge in [0.15, 0.2) is 11.6 Å². The first kappa shape index (κ1) is 14.8. The number of benzene rings is 1. The molecule has 7 heteroatoms. The van der Waals surface area contributed by atoms with Crippen molar-refractivity contribution >= 4 is 23.6 Å². The van der Waals surface area contributed by atoms with Crippen LogP contribution in [0, 0.1) is 11.6 Å². The molecule has 0 aromatic heterocycles. The number of aliphatic carboxylic acids is 1. The summed E-state index contributed by atoms with van der Waals surface area (Å²) in [5.74, 6) is -3.12. The SMILES string of the molecule is CC1SCC(C(=O)O)N1C(=O)Cc1ccc(F)c(F)c1. The van der Waals surface area contributed by atoms with Gasteiger partial charge >= 0.3 is 5.97 Å². The lowest BCUT2D eigenvalue weighted by Crippen LogP contribution is -2.45. The minimum Gasteiger partial charge on any atom is -0.480 e. The van der Waals surface area contributed by atoms with Gasteiger partial charge in [-0.25, -0.2) is 13.6 Å². The number of amides is 1. The maximum Gasteiger partial charge on any atom is 0.327 e. The summed E-state index contributed by atoms with van der Waals surface area (Å²) in [6.45, 7) is 1.75. The van der Waals surface area contributed by atoms with E-state index in [1.807, 2.05) is 0 Å². The van der Waals surface area contributed by atoms with Gasteiger partial charge in [0.05, 0.1) is 11.8 Å². The third-order valence-electron chi connectivity index (χ3n) is 3.14. The zero-order valence-electron chi connectivity index (χ0n) is 10.7. The summed E-state index contributed by atoms with van der Waals surface area (Å²) in [5, 5.41) is 8.84. The van der Waals surface area contributed by atoms with Crippen molar-refractivity contribution in [1.82, 2.24) is 4.90 Å². The van der Waals surface area contributed by atoms with E-state index in [1.54, 1.807) is 6.92 Å². The molecule has 0 bridgehead atoms. The molecule has 2 atom stereocenters. The predicted molar refractivity (Wildman–Crippen MR) is 70.3 cm³/mol. The second-order valence-electron chi connectivity index (χ2n) is 4.51. The van der Waals surface area contributed by atoms with E-state index in [2.05, 4.69) is 0 Å². The Bertz CT molecular complexity index is 552. The van der Waals surface area contributed by atoms with Crippen LogP contribution in [0.4, 0.5) is 8.78 Å². The highest BCUT2D eigenvalue weighted by Gasteiger charge is 2.39. The summed E-state index contributed by atoms with van der Waals surface area (Å²) < 4.78 is 25.9. The first-order valence-corrected chi connectivity index (χ1v) is 7.04. The standard InChI is InChI=1S/C13H13F2NO3S/c1-7-16(11(6-20-7)13(18)19)12(17)5-8-2-3-9(14)10(15)4-8/h2-4,7,11H,5-6H2,1H3,(H,18,19). The highest BCUT2D eigenvalue weighted by atomic mass is 32.2. The van der Waals surface area contributed by atoms with Crippen molar-refractivity contribution in [3.8, 4) is 0 Å². The Morgan fingerprint density at radius 3 is 2.70 bits per heavy atom. The van der Waals surface area contributed by atoms with Crippen molar-refractivity contribution < 1.29 is 23.5 Å². The van der Waals surface area contributed by atoms with Crippen LogP contribution in [0.1, 0.15) is 12.5 Å². The van der Waals surface area contributed by atoms with Gasteiger partial charge in [-0.05, 0) is 24.6 Å². The van der Waals surface area contributed by atoms with Gasteiger partial charge in [0, 0.05) is 5.75 Å². The van der Waals surface area contributed by atoms with Crippen LogP contribution in [0.2, 0.25) is 0 Å². The van der Waals surface area contributed by atoms with E-state index in [1.165, 1.54) is 22.7 Å². The van der Waals surface area contributed by atoms with Crippen molar-refractivity contribution in [2.24, 2.45) is 0 Å². The van der Waals surface area contributed by atoms with Crippen molar-refractivity contribution in [3.63, 3.8) is 0 Å². The quantitative estimate of drug-likeness (QED) is 0.926. The van der Waals surface area contributed by atoms with Crippen LogP contribution in [0.15, 0.2) is 18.2 Å². The molecule has 1 heterocycles. The van der Waals surface area contributed by atoms with E-state index < -0.39 is 29.6 Å². The lowest BCUT2D eigenvalue weighted by atomic mass is 10.1. The van der Waals surface area contributed by atoms with Crippen molar-refractivity contribution in [1.29, 1.82) is 0 Å². The molecule has 1 saturated heterocycles. The summed E-state index contributed by atoms with van der Waals surface area (Å²) in [4.78, 5) is 24.6. The fourth-order valence-corrected chi connectivity index (χ4v) is 3.32. The van der Waals surface area contributed by atoms with Gasteiger partial charge in [0.25, 0.3) is 0 Å². The smallest absolute Gasteiger partial charge is 0.327 e. The second kappa shape index (κ2) is 5.78. The molecule has 0 spiro atoms. The van der Waals surface area contributed by atoms with Crippen LogP contribution in [-0.2, 0) is 16.0 Å². The van der Waals surface area contributed by atoms with Gasteiger partial charge in [-0.2, -0.15) is 0 Å². The number of rotatable bonds is 3. The number of halogens is 2. The van der Waals surface area contributed by atoms with Crippen LogP contribution >= 0.6 is 11.8 Å². The topological polar surface area (TPSA) is 57.6 Å². The van der Waals surface area contributed by atoms with Crippen LogP contribution in [0.25, 0.3) is 0 Å². The molecule has 0 saturated carbocycles. The van der Waals surface area contributed by atoms with E-state index in [9.17, 15) is 18.4 Å². The Hall–Kier alpha value is -1.63. The van der Waals surface area contributed by atoms with E-state index in [0.717, 1.165) is 12.1 Å². The number of thioether (sulfide) groups is 1. The summed E-state index contributed by atoms with van der Waals surface area (Å²) in [7, 11) is 0. The van der Waals surface area contributed by atoms with Crippen molar-refractivity contribution in [3.05, 3.63) is 35.4 Å². The molecule has 20 heavy (non-hydrogen) atoms. The molecule has 0 radical (unpaired) electrons. The molecule has 1 aliphatic heterocycles. The Labute approximate surface area is 118 Å². The number of hydrogen-bond acceptors (Lipinski definition) is 3. The molecule has 0 aliphatic carbocycles. The molecule has 2 rings (SSSR count). The lowest BCUT2D eigenvalue weighted by Gasteiger charge is -2.25. The highest BCUT2D eigenvalue weighted by molar-refractivity contribution is 8.00. The van der Waals surface area contributed by atoms with E-state index in [4.69, 9.17) is 5.11 Å². The van der Waals surface area contributed by atoms with Gasteiger partial charge in [-0.1, -0.05) is 6.07 Å². The summed E-state index contributed by atoms with van der Waals surface area (Å²) >= 11 is 1.38. The van der Waals surface area contributed by atoms with Crippen molar-refractivity contribution in [2.75, 3.05) is 5.75 Å². The Kier molecular flexibility index (Phi) is 4.27. The molecule has 1 amide bonds. The van der Waals surface area contributed by atoms with Gasteiger partial charge in [0.2, 0.25) is 5.91 Å². The fraction of sp³-hybridized carbons (Fsp3) is 0.385. The molecule has 4 nitrogen and oxygen atoms in total. The van der Waals surface area contributed by atoms with E-state index >= 15 is 0 Å². The lowest BCUT2D eigenvalue weighted by molar-refractivity contribution is -0.148. The minimum atomic E-state index is -1.06. The van der Waals surface area contributed by atoms with Crippen LogP contribution in [-0.4, -0.2) is 39.1 Å². The third kappa shape index (κ3) is 2.92. The average molecular weight is 301 g/mol. The molecule has 1 aliphatic rings. The number of nitrogens with zero attached hydrogens (tertiary/aromatic N) is 1. The molecule has 108 valence electrons. The molecular formula is C13H13F2NO3S. The zero-order valence-corrected chi connectivity index (χ0v) is 11.5. The summed E-state index contributed by atoms with van der Waals surface area (Å²) in [6.07, 6.45) is -0.147. The number of carbonyl (C=O) groups is 2. The molecule has 1 fully saturated rings. The van der Waals surface area contributed by atoms with E-state index in [-0.39, 0.29) is 11.8 Å². The molecule has 1 aromatic carbocycles. The first-order valence-electron chi connectivity index (χ1n) is 5.99. The fourth-order valence-electron chi connectivity index (χ4n) is 2.13. The Balaban J connectivity index is 2.14. The zero-order chi connectivity index (χ0) is 14.9. The largest absolute Gasteiger partial charge is 0.480 e. The maximum atomic E-state index is 13.1. The monoisotopic (exact) mass is 301 g/mol. The first-order chi connectivity index (χ1) is 9.40. The van der Waals surface area contributed by atoms with Gasteiger partial charge in [-0.15, -0.1) is 11.8 Å². The summed E-state index contributed by atoms with van der Waals surface area (Å²) in [6, 6.07) is 2.36. The Morgan fingerprint density at radius 1 is 1.40 bits per heavy atom. The minimum absolute atomic E-state index is 0.147. The molecule has 1 N–H and O–H groups in total. The van der Waals surface area contributed by atoms with Crippen LogP contribution in [0.3, 0.4) is 0 Å². The highest BCUT2D eigenvalue weighted by Crippen LogP contribution is 2.29. The number of carboxylic acids is 1. The van der Waals surface area contributed by atoms with Gasteiger partial charge in [-0.3, -0.25) is 4.79 Å². The van der Waals surface area contributed by atoms with E-state index in [0.29, 0.717) is 11.3 Å². The average Bonchev–Trinajstić information content (AvgIpc) is 2.76. The van der Waals surface area contributed by atoms with Gasteiger partial charge < -0.3 is 10.0 Å². The number of hydrogen-bond donors (Lipinski definition) is 1. The van der Waals surface area contributed by atoms with Gasteiger partial charge in [0.1, 0.15) is 6.04 Å².